The molecule has 7 aromatic rings. The molecule has 0 amide bonds. The number of rotatable bonds is 7. The first-order valence-electron chi connectivity index (χ1n) is 19.6. The van der Waals surface area contributed by atoms with Gasteiger partial charge in [0.05, 0.1) is 6.04 Å². The lowest BCUT2D eigenvalue weighted by Crippen LogP contribution is -2.30. The van der Waals surface area contributed by atoms with E-state index in [0.29, 0.717) is 11.8 Å². The summed E-state index contributed by atoms with van der Waals surface area (Å²) >= 11 is 0. The first-order valence-corrected chi connectivity index (χ1v) is 19.6. The molecular weight excluding hydrogens is 655 g/mol. The van der Waals surface area contributed by atoms with Crippen LogP contribution in [0.1, 0.15) is 48.5 Å². The minimum Gasteiger partial charge on any atom is -0.460 e. The first-order chi connectivity index (χ1) is 26.8. The van der Waals surface area contributed by atoms with Crippen LogP contribution >= 0.6 is 0 Å². The molecule has 0 spiro atoms. The third kappa shape index (κ3) is 6.02. The SMILES string of the molecule is C1=Cc2c(oc3c(C4CC=CC(C5=CCC(N(c6ccc(-c7ccccc7)cc6)c6ccc(-c7cccc8ccccc78)cc6)C=C5)C4)cccc23)CC1. The van der Waals surface area contributed by atoms with Gasteiger partial charge >= 0.3 is 0 Å². The number of para-hydroxylation sites is 1. The molecule has 3 unspecified atom stereocenters. The van der Waals surface area contributed by atoms with Gasteiger partial charge in [0, 0.05) is 34.7 Å². The normalized spacial score (nSPS) is 19.2. The van der Waals surface area contributed by atoms with Crippen LogP contribution in [-0.2, 0) is 6.42 Å². The Morgan fingerprint density at radius 3 is 2.11 bits per heavy atom. The number of furan rings is 1. The zero-order valence-corrected chi connectivity index (χ0v) is 30.4. The number of hydrogen-bond donors (Lipinski definition) is 0. The second kappa shape index (κ2) is 14.0. The Balaban J connectivity index is 0.936. The van der Waals surface area contributed by atoms with Crippen molar-refractivity contribution in [2.75, 3.05) is 4.90 Å². The highest BCUT2D eigenvalue weighted by Crippen LogP contribution is 2.43. The maximum atomic E-state index is 6.55. The fourth-order valence-electron chi connectivity index (χ4n) is 9.05. The van der Waals surface area contributed by atoms with Gasteiger partial charge in [-0.25, -0.2) is 0 Å². The molecule has 0 aliphatic heterocycles. The van der Waals surface area contributed by atoms with Gasteiger partial charge in [0.2, 0.25) is 0 Å². The maximum Gasteiger partial charge on any atom is 0.138 e. The largest absolute Gasteiger partial charge is 0.460 e. The summed E-state index contributed by atoms with van der Waals surface area (Å²) in [7, 11) is 0. The zero-order valence-electron chi connectivity index (χ0n) is 30.4. The van der Waals surface area contributed by atoms with E-state index in [9.17, 15) is 0 Å². The molecule has 10 rings (SSSR count). The highest BCUT2D eigenvalue weighted by Gasteiger charge is 2.28. The summed E-state index contributed by atoms with van der Waals surface area (Å²) in [5.74, 6) is 1.97. The van der Waals surface area contributed by atoms with Gasteiger partial charge in [-0.05, 0) is 100 Å². The van der Waals surface area contributed by atoms with Gasteiger partial charge in [-0.3, -0.25) is 0 Å². The zero-order chi connectivity index (χ0) is 35.8. The van der Waals surface area contributed by atoms with Crippen LogP contribution in [0.3, 0.4) is 0 Å². The summed E-state index contributed by atoms with van der Waals surface area (Å²) in [6, 6.07) is 51.1. The monoisotopic (exact) mass is 697 g/mol. The summed E-state index contributed by atoms with van der Waals surface area (Å²) < 4.78 is 6.55. The smallest absolute Gasteiger partial charge is 0.138 e. The Labute approximate surface area is 318 Å². The molecule has 3 aliphatic carbocycles. The highest BCUT2D eigenvalue weighted by molar-refractivity contribution is 5.97. The van der Waals surface area contributed by atoms with Crippen LogP contribution < -0.4 is 4.90 Å². The van der Waals surface area contributed by atoms with Gasteiger partial charge < -0.3 is 9.32 Å². The number of benzene rings is 6. The Bertz CT molecular complexity index is 2580. The van der Waals surface area contributed by atoms with E-state index in [-0.39, 0.29) is 6.04 Å². The molecule has 0 bridgehead atoms. The number of fused-ring (bicyclic) bond motifs is 4. The predicted octanol–water partition coefficient (Wildman–Crippen LogP) is 14.0. The van der Waals surface area contributed by atoms with Crippen LogP contribution in [-0.4, -0.2) is 6.04 Å². The Hall–Kier alpha value is -6.12. The second-order valence-electron chi connectivity index (χ2n) is 15.0. The van der Waals surface area contributed by atoms with Gasteiger partial charge in [-0.2, -0.15) is 0 Å². The topological polar surface area (TPSA) is 16.4 Å². The van der Waals surface area contributed by atoms with E-state index < -0.39 is 0 Å². The van der Waals surface area contributed by atoms with Crippen molar-refractivity contribution in [1.29, 1.82) is 0 Å². The number of hydrogen-bond acceptors (Lipinski definition) is 2. The molecule has 2 nitrogen and oxygen atoms in total. The van der Waals surface area contributed by atoms with E-state index in [1.165, 1.54) is 66.5 Å². The minimum absolute atomic E-state index is 0.194. The lowest BCUT2D eigenvalue weighted by Gasteiger charge is -2.34. The standard InChI is InChI=1S/C52H43NO/c1-2-11-36(12-3-1)37-23-29-43(30-24-37)53(45-33-27-40(28-34-45)47-19-9-14-39-13-4-5-17-46(39)47)44-31-25-38(26-32-44)41-15-8-16-42(35-41)48-20-10-21-50-49-18-6-7-22-51(49)54-52(48)50/h1-6,8-15,17-21,23-31,33-34,41-42,44H,7,16,22,32,35H2. The van der Waals surface area contributed by atoms with Gasteiger partial charge in [-0.15, -0.1) is 0 Å². The molecule has 3 atom stereocenters. The molecule has 1 heterocycles. The van der Waals surface area contributed by atoms with Crippen molar-refractivity contribution in [1.82, 2.24) is 0 Å². The fraction of sp³-hybridized carbons (Fsp3) is 0.154. The molecule has 3 aliphatic rings. The molecule has 6 aromatic carbocycles. The average molecular weight is 698 g/mol. The van der Waals surface area contributed by atoms with Crippen LogP contribution in [0.15, 0.2) is 186 Å². The van der Waals surface area contributed by atoms with E-state index >= 15 is 0 Å². The summed E-state index contributed by atoms with van der Waals surface area (Å²) in [6.07, 6.45) is 21.9. The molecule has 2 heteroatoms. The van der Waals surface area contributed by atoms with Crippen molar-refractivity contribution in [2.24, 2.45) is 5.92 Å². The van der Waals surface area contributed by atoms with E-state index in [1.807, 2.05) is 0 Å². The Kier molecular flexibility index (Phi) is 8.45. The van der Waals surface area contributed by atoms with E-state index in [0.717, 1.165) is 43.4 Å². The Morgan fingerprint density at radius 1 is 0.574 bits per heavy atom. The minimum atomic E-state index is 0.194. The molecule has 54 heavy (non-hydrogen) atoms. The lowest BCUT2D eigenvalue weighted by molar-refractivity contribution is 0.511. The Morgan fingerprint density at radius 2 is 1.30 bits per heavy atom. The van der Waals surface area contributed by atoms with Crippen molar-refractivity contribution in [3.05, 3.63) is 198 Å². The van der Waals surface area contributed by atoms with Crippen LogP contribution in [0.5, 0.6) is 0 Å². The molecule has 0 saturated heterocycles. The molecule has 0 fully saturated rings. The van der Waals surface area contributed by atoms with E-state index in [4.69, 9.17) is 4.42 Å². The molecular formula is C52H43NO. The van der Waals surface area contributed by atoms with E-state index in [1.54, 1.807) is 0 Å². The van der Waals surface area contributed by atoms with Crippen molar-refractivity contribution >= 4 is 39.2 Å². The summed E-state index contributed by atoms with van der Waals surface area (Å²) in [5.41, 5.74) is 12.5. The van der Waals surface area contributed by atoms with Crippen LogP contribution in [0.4, 0.5) is 11.4 Å². The number of aryl methyl sites for hydroxylation is 1. The van der Waals surface area contributed by atoms with Crippen molar-refractivity contribution in [3.8, 4) is 22.3 Å². The third-order valence-corrected chi connectivity index (χ3v) is 11.8. The lowest BCUT2D eigenvalue weighted by atomic mass is 9.77. The predicted molar refractivity (Wildman–Crippen MR) is 227 cm³/mol. The maximum absolute atomic E-state index is 6.55. The fourth-order valence-corrected chi connectivity index (χ4v) is 9.05. The molecule has 262 valence electrons. The van der Waals surface area contributed by atoms with Gasteiger partial charge in [0.15, 0.2) is 0 Å². The molecule has 0 radical (unpaired) electrons. The van der Waals surface area contributed by atoms with Crippen LogP contribution in [0.2, 0.25) is 0 Å². The molecule has 0 N–H and O–H groups in total. The summed E-state index contributed by atoms with van der Waals surface area (Å²) in [6.45, 7) is 0. The van der Waals surface area contributed by atoms with Crippen molar-refractivity contribution in [3.63, 3.8) is 0 Å². The number of anilines is 2. The quantitative estimate of drug-likeness (QED) is 0.154. The summed E-state index contributed by atoms with van der Waals surface area (Å²) in [5, 5.41) is 3.82. The van der Waals surface area contributed by atoms with Gasteiger partial charge in [0.1, 0.15) is 11.3 Å². The summed E-state index contributed by atoms with van der Waals surface area (Å²) in [4.78, 5) is 2.51. The average Bonchev–Trinajstić information content (AvgIpc) is 3.64. The molecule has 0 saturated carbocycles. The van der Waals surface area contributed by atoms with Crippen LogP contribution in [0.25, 0.3) is 50.1 Å². The first kappa shape index (κ1) is 32.5. The number of nitrogens with zero attached hydrogens (tertiary/aromatic N) is 1. The third-order valence-electron chi connectivity index (χ3n) is 11.8. The second-order valence-corrected chi connectivity index (χ2v) is 15.0. The van der Waals surface area contributed by atoms with Crippen molar-refractivity contribution < 1.29 is 4.42 Å². The van der Waals surface area contributed by atoms with Crippen LogP contribution in [0, 0.1) is 5.92 Å². The van der Waals surface area contributed by atoms with Gasteiger partial charge in [-0.1, -0.05) is 158 Å². The van der Waals surface area contributed by atoms with Gasteiger partial charge in [0.25, 0.3) is 0 Å². The molecule has 1 aromatic heterocycles. The number of allylic oxidation sites excluding steroid dienone is 5. The van der Waals surface area contributed by atoms with E-state index in [2.05, 4.69) is 187 Å². The highest BCUT2D eigenvalue weighted by atomic mass is 16.3. The van der Waals surface area contributed by atoms with Crippen molar-refractivity contribution in [2.45, 2.75) is 44.1 Å².